The summed E-state index contributed by atoms with van der Waals surface area (Å²) in [6.07, 6.45) is 7.22. The molecule has 0 amide bonds. The molecule has 0 bridgehead atoms. The maximum Gasteiger partial charge on any atom is 0.0411 e. The average Bonchev–Trinajstić information content (AvgIpc) is 2.59. The largest absolute Gasteiger partial charge is 0.350 e. The summed E-state index contributed by atoms with van der Waals surface area (Å²) in [6, 6.07) is 2.33. The predicted octanol–water partition coefficient (Wildman–Crippen LogP) is 1.20. The van der Waals surface area contributed by atoms with Gasteiger partial charge in [-0.15, -0.1) is 0 Å². The summed E-state index contributed by atoms with van der Waals surface area (Å²) < 4.78 is 13.3. The van der Waals surface area contributed by atoms with Crippen LogP contribution in [0.4, 0.5) is 0 Å². The van der Waals surface area contributed by atoms with Crippen LogP contribution in [0.15, 0.2) is 12.3 Å². The number of fused-ring (bicyclic) bond motifs is 1. The molecule has 84 valence electrons. The second-order valence-corrected chi connectivity index (χ2v) is 5.74. The van der Waals surface area contributed by atoms with Crippen molar-refractivity contribution in [3.63, 3.8) is 0 Å². The molecule has 1 aliphatic rings. The van der Waals surface area contributed by atoms with Crippen LogP contribution in [0.5, 0.6) is 0 Å². The summed E-state index contributed by atoms with van der Waals surface area (Å²) in [4.78, 5) is 0. The molecular formula is C11H18N2OS. The van der Waals surface area contributed by atoms with Crippen LogP contribution in [0.25, 0.3) is 0 Å². The van der Waals surface area contributed by atoms with Gasteiger partial charge in [0.05, 0.1) is 0 Å². The van der Waals surface area contributed by atoms with E-state index in [0.29, 0.717) is 0 Å². The number of hydrogen-bond acceptors (Lipinski definition) is 2. The molecule has 0 saturated carbocycles. The highest BCUT2D eigenvalue weighted by Crippen LogP contribution is 2.28. The van der Waals surface area contributed by atoms with Crippen LogP contribution in [-0.4, -0.2) is 20.8 Å². The zero-order valence-electron chi connectivity index (χ0n) is 9.11. The summed E-state index contributed by atoms with van der Waals surface area (Å²) in [6.45, 7) is 0.852. The van der Waals surface area contributed by atoms with E-state index in [1.807, 2.05) is 0 Å². The highest BCUT2D eigenvalue weighted by molar-refractivity contribution is 7.84. The first-order chi connectivity index (χ1) is 7.18. The number of aromatic nitrogens is 1. The van der Waals surface area contributed by atoms with Gasteiger partial charge in [0.2, 0.25) is 0 Å². The predicted molar refractivity (Wildman–Crippen MR) is 63.2 cm³/mol. The molecule has 0 saturated heterocycles. The second kappa shape index (κ2) is 4.49. The summed E-state index contributed by atoms with van der Waals surface area (Å²) >= 11 is 0. The Balaban J connectivity index is 2.16. The van der Waals surface area contributed by atoms with E-state index in [1.54, 1.807) is 6.26 Å². The van der Waals surface area contributed by atoms with Gasteiger partial charge in [0.25, 0.3) is 0 Å². The van der Waals surface area contributed by atoms with Crippen LogP contribution in [0.3, 0.4) is 0 Å². The minimum atomic E-state index is -0.712. The molecule has 4 heteroatoms. The minimum Gasteiger partial charge on any atom is -0.350 e. The molecule has 2 unspecified atom stereocenters. The zero-order valence-corrected chi connectivity index (χ0v) is 9.93. The molecule has 15 heavy (non-hydrogen) atoms. The monoisotopic (exact) mass is 226 g/mol. The Labute approximate surface area is 93.1 Å². The number of rotatable bonds is 3. The van der Waals surface area contributed by atoms with Gasteiger partial charge in [0.1, 0.15) is 0 Å². The van der Waals surface area contributed by atoms with E-state index >= 15 is 0 Å². The number of nitrogens with two attached hydrogens (primary N) is 1. The summed E-state index contributed by atoms with van der Waals surface area (Å²) in [7, 11) is -0.712. The molecule has 0 aromatic carbocycles. The highest BCUT2D eigenvalue weighted by atomic mass is 32.2. The van der Waals surface area contributed by atoms with Gasteiger partial charge in [-0.3, -0.25) is 4.21 Å². The lowest BCUT2D eigenvalue weighted by atomic mass is 9.94. The normalized spacial score (nSPS) is 22.4. The molecule has 2 rings (SSSR count). The molecule has 0 aliphatic heterocycles. The SMILES string of the molecule is CS(=O)CCn1ccc2c1CCCC2N. The Morgan fingerprint density at radius 3 is 3.20 bits per heavy atom. The first kappa shape index (κ1) is 10.9. The topological polar surface area (TPSA) is 48.0 Å². The summed E-state index contributed by atoms with van der Waals surface area (Å²) in [5.41, 5.74) is 8.70. The molecule has 3 nitrogen and oxygen atoms in total. The smallest absolute Gasteiger partial charge is 0.0411 e. The molecule has 2 N–H and O–H groups in total. The lowest BCUT2D eigenvalue weighted by Gasteiger charge is -2.20. The third-order valence-electron chi connectivity index (χ3n) is 3.06. The Bertz CT molecular complexity index is 373. The fraction of sp³-hybridized carbons (Fsp3) is 0.636. The number of hydrogen-bond donors (Lipinski definition) is 1. The van der Waals surface area contributed by atoms with Crippen molar-refractivity contribution in [2.24, 2.45) is 5.73 Å². The third kappa shape index (κ3) is 2.32. The van der Waals surface area contributed by atoms with Gasteiger partial charge in [-0.1, -0.05) is 0 Å². The van der Waals surface area contributed by atoms with Crippen molar-refractivity contribution in [1.29, 1.82) is 0 Å². The van der Waals surface area contributed by atoms with Crippen molar-refractivity contribution in [2.45, 2.75) is 31.8 Å². The molecule has 1 heterocycles. The first-order valence-electron chi connectivity index (χ1n) is 5.42. The van der Waals surface area contributed by atoms with Gasteiger partial charge in [0.15, 0.2) is 0 Å². The number of nitrogens with zero attached hydrogens (tertiary/aromatic N) is 1. The van der Waals surface area contributed by atoms with Crippen LogP contribution >= 0.6 is 0 Å². The van der Waals surface area contributed by atoms with E-state index < -0.39 is 10.8 Å². The van der Waals surface area contributed by atoms with E-state index in [-0.39, 0.29) is 6.04 Å². The fourth-order valence-corrected chi connectivity index (χ4v) is 2.68. The Morgan fingerprint density at radius 1 is 1.67 bits per heavy atom. The fourth-order valence-electron chi connectivity index (χ4n) is 2.23. The van der Waals surface area contributed by atoms with Crippen molar-refractivity contribution in [3.8, 4) is 0 Å². The van der Waals surface area contributed by atoms with Gasteiger partial charge in [-0.2, -0.15) is 0 Å². The lowest BCUT2D eigenvalue weighted by molar-refractivity contribution is 0.545. The first-order valence-corrected chi connectivity index (χ1v) is 7.14. The minimum absolute atomic E-state index is 0.210. The third-order valence-corrected chi connectivity index (χ3v) is 3.82. The maximum atomic E-state index is 11.0. The number of aryl methyl sites for hydroxylation is 1. The lowest BCUT2D eigenvalue weighted by Crippen LogP contribution is -2.19. The van der Waals surface area contributed by atoms with Gasteiger partial charge < -0.3 is 10.3 Å². The van der Waals surface area contributed by atoms with Gasteiger partial charge >= 0.3 is 0 Å². The van der Waals surface area contributed by atoms with Crippen molar-refractivity contribution >= 4 is 10.8 Å². The molecular weight excluding hydrogens is 208 g/mol. The molecule has 1 aromatic heterocycles. The summed E-state index contributed by atoms with van der Waals surface area (Å²) in [5, 5.41) is 0. The quantitative estimate of drug-likeness (QED) is 0.842. The van der Waals surface area contributed by atoms with Crippen LogP contribution in [-0.2, 0) is 23.8 Å². The van der Waals surface area contributed by atoms with E-state index in [9.17, 15) is 4.21 Å². The van der Waals surface area contributed by atoms with Crippen LogP contribution < -0.4 is 5.73 Å². The second-order valence-electron chi connectivity index (χ2n) is 4.19. The standard InChI is InChI=1S/C11H18N2OS/c1-15(14)8-7-13-6-5-9-10(12)3-2-4-11(9)13/h5-6,10H,2-4,7-8,12H2,1H3. The van der Waals surface area contributed by atoms with E-state index in [0.717, 1.165) is 25.1 Å². The molecule has 2 atom stereocenters. The van der Waals surface area contributed by atoms with Crippen molar-refractivity contribution in [2.75, 3.05) is 12.0 Å². The molecule has 0 fully saturated rings. The average molecular weight is 226 g/mol. The van der Waals surface area contributed by atoms with Crippen LogP contribution in [0.1, 0.15) is 30.1 Å². The van der Waals surface area contributed by atoms with E-state index in [1.165, 1.54) is 17.7 Å². The van der Waals surface area contributed by atoms with E-state index in [2.05, 4.69) is 16.8 Å². The van der Waals surface area contributed by atoms with Crippen molar-refractivity contribution in [3.05, 3.63) is 23.5 Å². The van der Waals surface area contributed by atoms with Gasteiger partial charge in [-0.25, -0.2) is 0 Å². The highest BCUT2D eigenvalue weighted by Gasteiger charge is 2.19. The Kier molecular flexibility index (Phi) is 3.26. The van der Waals surface area contributed by atoms with Crippen LogP contribution in [0.2, 0.25) is 0 Å². The summed E-state index contributed by atoms with van der Waals surface area (Å²) in [5.74, 6) is 0.732. The van der Waals surface area contributed by atoms with Crippen molar-refractivity contribution < 1.29 is 4.21 Å². The Hall–Kier alpha value is -0.610. The van der Waals surface area contributed by atoms with Crippen molar-refractivity contribution in [1.82, 2.24) is 4.57 Å². The van der Waals surface area contributed by atoms with Gasteiger partial charge in [0, 0.05) is 47.3 Å². The Morgan fingerprint density at radius 2 is 2.47 bits per heavy atom. The van der Waals surface area contributed by atoms with E-state index in [4.69, 9.17) is 5.73 Å². The molecule has 0 spiro atoms. The maximum absolute atomic E-state index is 11.0. The van der Waals surface area contributed by atoms with Gasteiger partial charge in [-0.05, 0) is 30.9 Å². The molecule has 0 radical (unpaired) electrons. The molecule has 1 aromatic rings. The molecule has 1 aliphatic carbocycles. The van der Waals surface area contributed by atoms with Crippen LogP contribution in [0, 0.1) is 0 Å². The zero-order chi connectivity index (χ0) is 10.8.